The number of aromatic nitrogens is 2. The lowest BCUT2D eigenvalue weighted by Gasteiger charge is -2.05. The number of aryl methyl sites for hydroxylation is 1. The number of unbranched alkanes of at least 4 members (excludes halogenated alkanes) is 1. The summed E-state index contributed by atoms with van der Waals surface area (Å²) in [4.78, 5) is 10.3. The van der Waals surface area contributed by atoms with Crippen LogP contribution in [-0.2, 0) is 22.4 Å². The molecular weight excluding hydrogens is 236 g/mol. The molecule has 0 fully saturated rings. The van der Waals surface area contributed by atoms with E-state index in [9.17, 15) is 4.79 Å². The minimum atomic E-state index is -0.769. The minimum absolute atomic E-state index is 0.186. The summed E-state index contributed by atoms with van der Waals surface area (Å²) in [6, 6.07) is 0. The molecule has 6 nitrogen and oxygen atoms in total. The fraction of sp³-hybridized carbons (Fsp3) is 0.750. The highest BCUT2D eigenvalue weighted by Crippen LogP contribution is 2.10. The van der Waals surface area contributed by atoms with E-state index in [-0.39, 0.29) is 6.42 Å². The van der Waals surface area contributed by atoms with Gasteiger partial charge < -0.3 is 14.3 Å². The first-order valence-corrected chi connectivity index (χ1v) is 6.13. The number of carboxylic acids is 1. The third-order valence-corrected chi connectivity index (χ3v) is 2.51. The number of carboxylic acid groups (broad SMARTS) is 1. The number of ether oxygens (including phenoxy) is 1. The molecular formula is C12H20N2O4. The molecule has 0 aromatic carbocycles. The van der Waals surface area contributed by atoms with Gasteiger partial charge in [-0.2, -0.15) is 0 Å². The van der Waals surface area contributed by atoms with Crippen molar-refractivity contribution in [3.63, 3.8) is 0 Å². The number of aliphatic carboxylic acids is 1. The average Bonchev–Trinajstić information content (AvgIpc) is 2.72. The fourth-order valence-electron chi connectivity index (χ4n) is 1.67. The lowest BCUT2D eigenvalue weighted by Crippen LogP contribution is -2.07. The van der Waals surface area contributed by atoms with Crippen molar-refractivity contribution in [3.05, 3.63) is 11.8 Å². The number of carbonyl (C=O) groups is 1. The molecule has 1 N–H and O–H groups in total. The second kappa shape index (κ2) is 7.81. The first-order chi connectivity index (χ1) is 8.61. The average molecular weight is 256 g/mol. The molecule has 0 aliphatic carbocycles. The van der Waals surface area contributed by atoms with Gasteiger partial charge in [-0.05, 0) is 18.8 Å². The molecule has 0 saturated carbocycles. The van der Waals surface area contributed by atoms with Crippen LogP contribution in [0.3, 0.4) is 0 Å². The van der Waals surface area contributed by atoms with E-state index < -0.39 is 5.97 Å². The van der Waals surface area contributed by atoms with Gasteiger partial charge in [-0.1, -0.05) is 6.92 Å². The monoisotopic (exact) mass is 256 g/mol. The van der Waals surface area contributed by atoms with Crippen LogP contribution in [-0.4, -0.2) is 35.0 Å². The Balaban J connectivity index is 2.27. The Hall–Kier alpha value is -1.43. The zero-order valence-electron chi connectivity index (χ0n) is 10.9. The van der Waals surface area contributed by atoms with Gasteiger partial charge >= 0.3 is 5.97 Å². The predicted molar refractivity (Wildman–Crippen MR) is 64.2 cm³/mol. The normalized spacial score (nSPS) is 12.6. The molecule has 1 atom stereocenters. The summed E-state index contributed by atoms with van der Waals surface area (Å²) < 4.78 is 10.5. The second-order valence-corrected chi connectivity index (χ2v) is 4.46. The van der Waals surface area contributed by atoms with Crippen LogP contribution < -0.4 is 0 Å². The summed E-state index contributed by atoms with van der Waals surface area (Å²) in [5, 5.41) is 16.4. The number of methoxy groups -OCH3 is 1. The molecule has 1 rings (SSSR count). The lowest BCUT2D eigenvalue weighted by molar-refractivity contribution is -0.137. The Labute approximate surface area is 106 Å². The van der Waals surface area contributed by atoms with E-state index in [1.807, 2.05) is 0 Å². The molecule has 6 heteroatoms. The zero-order valence-corrected chi connectivity index (χ0v) is 10.9. The lowest BCUT2D eigenvalue weighted by atomic mass is 10.1. The molecule has 1 heterocycles. The quantitative estimate of drug-likeness (QED) is 0.677. The van der Waals surface area contributed by atoms with Crippen LogP contribution in [0.1, 0.15) is 38.0 Å². The first kappa shape index (κ1) is 14.6. The van der Waals surface area contributed by atoms with Crippen LogP contribution in [0, 0.1) is 5.92 Å². The van der Waals surface area contributed by atoms with Crippen molar-refractivity contribution in [1.82, 2.24) is 10.2 Å². The summed E-state index contributed by atoms with van der Waals surface area (Å²) in [6.45, 7) is 2.72. The van der Waals surface area contributed by atoms with Crippen molar-refractivity contribution in [3.8, 4) is 0 Å². The fourth-order valence-corrected chi connectivity index (χ4v) is 1.67. The first-order valence-electron chi connectivity index (χ1n) is 6.13. The van der Waals surface area contributed by atoms with E-state index in [1.54, 1.807) is 7.11 Å². The molecule has 0 bridgehead atoms. The van der Waals surface area contributed by atoms with Crippen molar-refractivity contribution >= 4 is 5.97 Å². The maximum atomic E-state index is 10.3. The Morgan fingerprint density at radius 2 is 2.11 bits per heavy atom. The van der Waals surface area contributed by atoms with Crippen molar-refractivity contribution < 1.29 is 19.1 Å². The third kappa shape index (κ3) is 5.77. The van der Waals surface area contributed by atoms with Crippen molar-refractivity contribution in [1.29, 1.82) is 0 Å². The highest BCUT2D eigenvalue weighted by Gasteiger charge is 2.10. The minimum Gasteiger partial charge on any atom is -0.481 e. The summed E-state index contributed by atoms with van der Waals surface area (Å²) in [7, 11) is 1.66. The predicted octanol–water partition coefficient (Wildman–Crippen LogP) is 1.69. The van der Waals surface area contributed by atoms with Gasteiger partial charge in [-0.25, -0.2) is 0 Å². The third-order valence-electron chi connectivity index (χ3n) is 2.51. The van der Waals surface area contributed by atoms with Crippen LogP contribution in [0.5, 0.6) is 0 Å². The van der Waals surface area contributed by atoms with E-state index in [0.29, 0.717) is 43.6 Å². The summed E-state index contributed by atoms with van der Waals surface area (Å²) >= 11 is 0. The van der Waals surface area contributed by atoms with Gasteiger partial charge in [0.15, 0.2) is 0 Å². The van der Waals surface area contributed by atoms with Gasteiger partial charge in [-0.15, -0.1) is 10.2 Å². The topological polar surface area (TPSA) is 85.5 Å². The Bertz CT molecular complexity index is 365. The number of hydrogen-bond donors (Lipinski definition) is 1. The van der Waals surface area contributed by atoms with Crippen LogP contribution in [0.4, 0.5) is 0 Å². The van der Waals surface area contributed by atoms with Crippen LogP contribution >= 0.6 is 0 Å². The second-order valence-electron chi connectivity index (χ2n) is 4.46. The number of nitrogens with zero attached hydrogens (tertiary/aromatic N) is 2. The van der Waals surface area contributed by atoms with Crippen molar-refractivity contribution in [2.24, 2.45) is 5.92 Å². The molecule has 1 aromatic heterocycles. The standard InChI is InChI=1S/C12H20N2O4/c1-9(8-17-2)7-11-14-13-10(18-11)5-3-4-6-12(15)16/h9H,3-8H2,1-2H3,(H,15,16). The zero-order chi connectivity index (χ0) is 13.4. The largest absolute Gasteiger partial charge is 0.481 e. The maximum Gasteiger partial charge on any atom is 0.303 e. The molecule has 1 aromatic rings. The van der Waals surface area contributed by atoms with Gasteiger partial charge in [0.1, 0.15) is 0 Å². The number of hydrogen-bond acceptors (Lipinski definition) is 5. The van der Waals surface area contributed by atoms with Crippen molar-refractivity contribution in [2.45, 2.75) is 39.0 Å². The molecule has 1 unspecified atom stereocenters. The molecule has 0 aliphatic rings. The van der Waals surface area contributed by atoms with E-state index in [1.165, 1.54) is 0 Å². The summed E-state index contributed by atoms with van der Waals surface area (Å²) in [5.74, 6) is 0.776. The molecule has 0 aliphatic heterocycles. The highest BCUT2D eigenvalue weighted by molar-refractivity contribution is 5.66. The van der Waals surface area contributed by atoms with E-state index >= 15 is 0 Å². The molecule has 0 amide bonds. The summed E-state index contributed by atoms with van der Waals surface area (Å²) in [5.41, 5.74) is 0. The highest BCUT2D eigenvalue weighted by atomic mass is 16.5. The Morgan fingerprint density at radius 1 is 1.39 bits per heavy atom. The maximum absolute atomic E-state index is 10.3. The van der Waals surface area contributed by atoms with Crippen LogP contribution in [0.25, 0.3) is 0 Å². The van der Waals surface area contributed by atoms with E-state index in [4.69, 9.17) is 14.3 Å². The molecule has 0 saturated heterocycles. The Morgan fingerprint density at radius 3 is 2.78 bits per heavy atom. The van der Waals surface area contributed by atoms with E-state index in [0.717, 1.165) is 6.42 Å². The van der Waals surface area contributed by atoms with Gasteiger partial charge in [0.2, 0.25) is 11.8 Å². The molecule has 102 valence electrons. The van der Waals surface area contributed by atoms with Gasteiger partial charge in [0.25, 0.3) is 0 Å². The van der Waals surface area contributed by atoms with Crippen LogP contribution in [0.2, 0.25) is 0 Å². The molecule has 0 radical (unpaired) electrons. The molecule has 0 spiro atoms. The number of rotatable bonds is 9. The molecule has 18 heavy (non-hydrogen) atoms. The van der Waals surface area contributed by atoms with E-state index in [2.05, 4.69) is 17.1 Å². The van der Waals surface area contributed by atoms with Gasteiger partial charge in [0.05, 0.1) is 0 Å². The summed E-state index contributed by atoms with van der Waals surface area (Å²) in [6.07, 6.45) is 2.91. The smallest absolute Gasteiger partial charge is 0.303 e. The Kier molecular flexibility index (Phi) is 6.35. The SMILES string of the molecule is COCC(C)Cc1nnc(CCCCC(=O)O)o1. The van der Waals surface area contributed by atoms with Gasteiger partial charge in [0, 0.05) is 33.0 Å². The van der Waals surface area contributed by atoms with Crippen molar-refractivity contribution in [2.75, 3.05) is 13.7 Å². The van der Waals surface area contributed by atoms with Gasteiger partial charge in [-0.3, -0.25) is 4.79 Å². The van der Waals surface area contributed by atoms with Crippen LogP contribution in [0.15, 0.2) is 4.42 Å².